The van der Waals surface area contributed by atoms with Gasteiger partial charge in [0.15, 0.2) is 5.76 Å². The molecule has 1 aliphatic rings. The number of nitrogens with two attached hydrogens (primary N) is 1. The Kier molecular flexibility index (Phi) is 2.26. The standard InChI is InChI=1S/C8H12N2OS/c9-7-4-10-11-8(7)6-2-1-3-12-5-6/h4,6H,1-3,5,9H2. The molecule has 1 atom stereocenters. The van der Waals surface area contributed by atoms with Gasteiger partial charge in [0.2, 0.25) is 0 Å². The van der Waals surface area contributed by atoms with Gasteiger partial charge in [0, 0.05) is 11.7 Å². The van der Waals surface area contributed by atoms with Crippen LogP contribution in [-0.2, 0) is 0 Å². The molecular formula is C8H12N2OS. The Morgan fingerprint density at radius 1 is 1.67 bits per heavy atom. The van der Waals surface area contributed by atoms with E-state index in [9.17, 15) is 0 Å². The molecule has 1 saturated heterocycles. The van der Waals surface area contributed by atoms with Crippen molar-refractivity contribution in [1.82, 2.24) is 5.16 Å². The van der Waals surface area contributed by atoms with Gasteiger partial charge in [-0.3, -0.25) is 0 Å². The molecule has 1 aromatic heterocycles. The first-order chi connectivity index (χ1) is 5.88. The second kappa shape index (κ2) is 3.39. The van der Waals surface area contributed by atoms with Gasteiger partial charge in [-0.05, 0) is 18.6 Å². The Morgan fingerprint density at radius 3 is 3.17 bits per heavy atom. The summed E-state index contributed by atoms with van der Waals surface area (Å²) in [4.78, 5) is 0. The Bertz CT molecular complexity index is 255. The quantitative estimate of drug-likeness (QED) is 0.724. The van der Waals surface area contributed by atoms with E-state index in [1.807, 2.05) is 11.8 Å². The van der Waals surface area contributed by atoms with Crippen molar-refractivity contribution in [3.8, 4) is 0 Å². The van der Waals surface area contributed by atoms with Crippen LogP contribution in [0.2, 0.25) is 0 Å². The third-order valence-corrected chi connectivity index (χ3v) is 3.37. The summed E-state index contributed by atoms with van der Waals surface area (Å²) in [7, 11) is 0. The number of thioether (sulfide) groups is 1. The van der Waals surface area contributed by atoms with E-state index >= 15 is 0 Å². The van der Waals surface area contributed by atoms with E-state index in [1.165, 1.54) is 18.6 Å². The molecule has 0 radical (unpaired) electrons. The Labute approximate surface area is 75.7 Å². The summed E-state index contributed by atoms with van der Waals surface area (Å²) in [5, 5.41) is 3.69. The van der Waals surface area contributed by atoms with Crippen LogP contribution in [0.15, 0.2) is 10.7 Å². The van der Waals surface area contributed by atoms with Crippen molar-refractivity contribution in [2.45, 2.75) is 18.8 Å². The highest BCUT2D eigenvalue weighted by Crippen LogP contribution is 2.33. The molecule has 0 amide bonds. The lowest BCUT2D eigenvalue weighted by Gasteiger charge is -2.18. The van der Waals surface area contributed by atoms with Crippen LogP contribution in [0.25, 0.3) is 0 Å². The van der Waals surface area contributed by atoms with Crippen LogP contribution < -0.4 is 5.73 Å². The Morgan fingerprint density at radius 2 is 2.58 bits per heavy atom. The molecule has 0 aliphatic carbocycles. The third-order valence-electron chi connectivity index (χ3n) is 2.16. The molecule has 4 heteroatoms. The molecule has 2 heterocycles. The van der Waals surface area contributed by atoms with Gasteiger partial charge in [-0.25, -0.2) is 0 Å². The van der Waals surface area contributed by atoms with E-state index in [1.54, 1.807) is 6.20 Å². The molecule has 12 heavy (non-hydrogen) atoms. The van der Waals surface area contributed by atoms with Crippen molar-refractivity contribution < 1.29 is 4.52 Å². The lowest BCUT2D eigenvalue weighted by molar-refractivity contribution is 0.360. The van der Waals surface area contributed by atoms with Crippen molar-refractivity contribution in [3.63, 3.8) is 0 Å². The number of rotatable bonds is 1. The molecule has 1 fully saturated rings. The van der Waals surface area contributed by atoms with Gasteiger partial charge in [0.1, 0.15) is 0 Å². The number of anilines is 1. The normalized spacial score (nSPS) is 24.2. The minimum absolute atomic E-state index is 0.492. The maximum Gasteiger partial charge on any atom is 0.163 e. The van der Waals surface area contributed by atoms with Gasteiger partial charge < -0.3 is 10.3 Å². The summed E-state index contributed by atoms with van der Waals surface area (Å²) < 4.78 is 5.12. The van der Waals surface area contributed by atoms with E-state index in [-0.39, 0.29) is 0 Å². The van der Waals surface area contributed by atoms with Crippen LogP contribution in [0.3, 0.4) is 0 Å². The molecule has 1 aliphatic heterocycles. The topological polar surface area (TPSA) is 52.0 Å². The van der Waals surface area contributed by atoms with E-state index in [2.05, 4.69) is 5.16 Å². The van der Waals surface area contributed by atoms with E-state index in [4.69, 9.17) is 10.3 Å². The monoisotopic (exact) mass is 184 g/mol. The summed E-state index contributed by atoms with van der Waals surface area (Å²) in [6, 6.07) is 0. The largest absolute Gasteiger partial charge is 0.395 e. The summed E-state index contributed by atoms with van der Waals surface area (Å²) in [6.45, 7) is 0. The molecule has 0 aromatic carbocycles. The zero-order valence-electron chi connectivity index (χ0n) is 6.82. The Balaban J connectivity index is 2.13. The summed E-state index contributed by atoms with van der Waals surface area (Å²) in [6.07, 6.45) is 4.04. The van der Waals surface area contributed by atoms with Gasteiger partial charge in [-0.2, -0.15) is 11.8 Å². The van der Waals surface area contributed by atoms with Gasteiger partial charge >= 0.3 is 0 Å². The molecule has 0 spiro atoms. The SMILES string of the molecule is Nc1cnoc1C1CCCSC1. The molecule has 0 saturated carbocycles. The molecule has 2 N–H and O–H groups in total. The van der Waals surface area contributed by atoms with Crippen LogP contribution in [0.5, 0.6) is 0 Å². The first-order valence-corrected chi connectivity index (χ1v) is 5.31. The Hall–Kier alpha value is -0.640. The second-order valence-electron chi connectivity index (χ2n) is 3.06. The van der Waals surface area contributed by atoms with Gasteiger partial charge in [-0.1, -0.05) is 5.16 Å². The fraction of sp³-hybridized carbons (Fsp3) is 0.625. The van der Waals surface area contributed by atoms with Gasteiger partial charge in [0.05, 0.1) is 11.9 Å². The smallest absolute Gasteiger partial charge is 0.163 e. The molecule has 66 valence electrons. The highest BCUT2D eigenvalue weighted by atomic mass is 32.2. The van der Waals surface area contributed by atoms with E-state index < -0.39 is 0 Å². The van der Waals surface area contributed by atoms with Crippen molar-refractivity contribution in [1.29, 1.82) is 0 Å². The molecule has 0 bridgehead atoms. The zero-order chi connectivity index (χ0) is 8.39. The average molecular weight is 184 g/mol. The molecule has 1 aromatic rings. The van der Waals surface area contributed by atoms with Crippen LogP contribution in [0.4, 0.5) is 5.69 Å². The lowest BCUT2D eigenvalue weighted by Crippen LogP contribution is -2.09. The average Bonchev–Trinajstić information content (AvgIpc) is 2.53. The van der Waals surface area contributed by atoms with Crippen LogP contribution >= 0.6 is 11.8 Å². The lowest BCUT2D eigenvalue weighted by atomic mass is 10.0. The molecular weight excluding hydrogens is 172 g/mol. The predicted octanol–water partition coefficient (Wildman–Crippen LogP) is 1.87. The fourth-order valence-corrected chi connectivity index (χ4v) is 2.65. The number of hydrogen-bond donors (Lipinski definition) is 1. The zero-order valence-corrected chi connectivity index (χ0v) is 7.64. The number of nitrogen functional groups attached to an aromatic ring is 1. The van der Waals surface area contributed by atoms with Crippen LogP contribution in [0.1, 0.15) is 24.5 Å². The fourth-order valence-electron chi connectivity index (χ4n) is 1.51. The third kappa shape index (κ3) is 1.43. The van der Waals surface area contributed by atoms with Crippen LogP contribution in [0, 0.1) is 0 Å². The first kappa shape index (κ1) is 7.98. The minimum atomic E-state index is 0.492. The molecule has 3 nitrogen and oxygen atoms in total. The van der Waals surface area contributed by atoms with Crippen molar-refractivity contribution in [2.24, 2.45) is 0 Å². The summed E-state index contributed by atoms with van der Waals surface area (Å²) >= 11 is 1.97. The van der Waals surface area contributed by atoms with E-state index in [0.717, 1.165) is 11.5 Å². The number of nitrogens with zero attached hydrogens (tertiary/aromatic N) is 1. The number of aromatic nitrogens is 1. The minimum Gasteiger partial charge on any atom is -0.395 e. The van der Waals surface area contributed by atoms with Gasteiger partial charge in [-0.15, -0.1) is 0 Å². The van der Waals surface area contributed by atoms with E-state index in [0.29, 0.717) is 11.6 Å². The molecule has 2 rings (SSSR count). The maximum absolute atomic E-state index is 5.71. The van der Waals surface area contributed by atoms with Crippen LogP contribution in [-0.4, -0.2) is 16.7 Å². The maximum atomic E-state index is 5.71. The molecule has 1 unspecified atom stereocenters. The van der Waals surface area contributed by atoms with Crippen molar-refractivity contribution in [3.05, 3.63) is 12.0 Å². The van der Waals surface area contributed by atoms with Crippen molar-refractivity contribution in [2.75, 3.05) is 17.2 Å². The second-order valence-corrected chi connectivity index (χ2v) is 4.21. The first-order valence-electron chi connectivity index (χ1n) is 4.15. The highest BCUT2D eigenvalue weighted by molar-refractivity contribution is 7.99. The van der Waals surface area contributed by atoms with Crippen molar-refractivity contribution >= 4 is 17.4 Å². The predicted molar refractivity (Wildman–Crippen MR) is 50.2 cm³/mol. The summed E-state index contributed by atoms with van der Waals surface area (Å²) in [5.41, 5.74) is 6.42. The summed E-state index contributed by atoms with van der Waals surface area (Å²) in [5.74, 6) is 3.78. The highest BCUT2D eigenvalue weighted by Gasteiger charge is 2.21. The van der Waals surface area contributed by atoms with Gasteiger partial charge in [0.25, 0.3) is 0 Å². The number of hydrogen-bond acceptors (Lipinski definition) is 4.